The van der Waals surface area contributed by atoms with E-state index in [1.54, 1.807) is 26.0 Å². The van der Waals surface area contributed by atoms with Crippen LogP contribution in [0.25, 0.3) is 0 Å². The maximum atomic E-state index is 12.4. The highest BCUT2D eigenvalue weighted by Crippen LogP contribution is 2.25. The number of anilines is 1. The zero-order chi connectivity index (χ0) is 15.4. The molecule has 1 N–H and O–H groups in total. The van der Waals surface area contributed by atoms with Gasteiger partial charge in [0.2, 0.25) is 5.78 Å². The smallest absolute Gasteiger partial charge is 0.413 e. The summed E-state index contributed by atoms with van der Waals surface area (Å²) in [4.78, 5) is 28.5. The number of aryl methyl sites for hydroxylation is 2. The lowest BCUT2D eigenvalue weighted by Crippen LogP contribution is -2.12. The fourth-order valence-electron chi connectivity index (χ4n) is 1.75. The predicted octanol–water partition coefficient (Wildman–Crippen LogP) is 3.56. The first kappa shape index (κ1) is 15.2. The summed E-state index contributed by atoms with van der Waals surface area (Å²) in [5.41, 5.74) is 2.30. The van der Waals surface area contributed by atoms with Crippen molar-refractivity contribution < 1.29 is 14.3 Å². The molecule has 0 aliphatic carbocycles. The quantitative estimate of drug-likeness (QED) is 0.877. The van der Waals surface area contributed by atoms with Crippen molar-refractivity contribution in [3.05, 3.63) is 46.0 Å². The van der Waals surface area contributed by atoms with Gasteiger partial charge in [0.25, 0.3) is 0 Å². The molecule has 110 valence electrons. The number of aromatic nitrogens is 1. The second-order valence-electron chi connectivity index (χ2n) is 4.47. The van der Waals surface area contributed by atoms with Crippen molar-refractivity contribution in [2.45, 2.75) is 20.8 Å². The fourth-order valence-corrected chi connectivity index (χ4v) is 2.67. The molecule has 1 amide bonds. The minimum Gasteiger partial charge on any atom is -0.450 e. The first-order chi connectivity index (χ1) is 10.0. The molecule has 6 heteroatoms. The lowest BCUT2D eigenvalue weighted by Gasteiger charge is -2.00. The van der Waals surface area contributed by atoms with Crippen LogP contribution in [0.4, 0.5) is 9.93 Å². The highest BCUT2D eigenvalue weighted by Gasteiger charge is 2.18. The molecular weight excluding hydrogens is 288 g/mol. The summed E-state index contributed by atoms with van der Waals surface area (Å²) in [5.74, 6) is -0.0955. The third-order valence-electron chi connectivity index (χ3n) is 2.80. The zero-order valence-electron chi connectivity index (χ0n) is 12.1. The monoisotopic (exact) mass is 304 g/mol. The van der Waals surface area contributed by atoms with Crippen LogP contribution in [0, 0.1) is 13.8 Å². The Balaban J connectivity index is 2.20. The van der Waals surface area contributed by atoms with Gasteiger partial charge in [0.15, 0.2) is 5.13 Å². The number of benzene rings is 1. The van der Waals surface area contributed by atoms with Crippen molar-refractivity contribution in [3.8, 4) is 0 Å². The van der Waals surface area contributed by atoms with Crippen LogP contribution in [-0.4, -0.2) is 23.5 Å². The predicted molar refractivity (Wildman–Crippen MR) is 82.1 cm³/mol. The summed E-state index contributed by atoms with van der Waals surface area (Å²) in [7, 11) is 0. The minimum absolute atomic E-state index is 0.0955. The third kappa shape index (κ3) is 3.66. The molecule has 0 saturated carbocycles. The summed E-state index contributed by atoms with van der Waals surface area (Å²) >= 11 is 1.15. The summed E-state index contributed by atoms with van der Waals surface area (Å²) < 4.78 is 4.78. The second kappa shape index (κ2) is 6.49. The fraction of sp³-hybridized carbons (Fsp3) is 0.267. The summed E-state index contributed by atoms with van der Waals surface area (Å²) in [6.07, 6.45) is -0.569. The Morgan fingerprint density at radius 3 is 2.52 bits per heavy atom. The third-order valence-corrected chi connectivity index (χ3v) is 3.87. The molecule has 0 saturated heterocycles. The average molecular weight is 304 g/mol. The Morgan fingerprint density at radius 1 is 1.24 bits per heavy atom. The lowest BCUT2D eigenvalue weighted by atomic mass is 10.1. The number of nitrogens with one attached hydrogen (secondary N) is 1. The molecule has 2 rings (SSSR count). The Morgan fingerprint density at radius 2 is 1.90 bits per heavy atom. The van der Waals surface area contributed by atoms with Gasteiger partial charge in [-0.05, 0) is 20.8 Å². The maximum absolute atomic E-state index is 12.4. The Labute approximate surface area is 127 Å². The molecule has 0 fully saturated rings. The molecule has 1 heterocycles. The Kier molecular flexibility index (Phi) is 4.70. The molecule has 1 aromatic carbocycles. The van der Waals surface area contributed by atoms with Gasteiger partial charge in [-0.3, -0.25) is 10.1 Å². The number of thiazole rings is 1. The van der Waals surface area contributed by atoms with Gasteiger partial charge in [0.1, 0.15) is 0 Å². The molecule has 0 bridgehead atoms. The van der Waals surface area contributed by atoms with Crippen LogP contribution in [0.1, 0.15) is 33.4 Å². The van der Waals surface area contributed by atoms with E-state index in [1.165, 1.54) is 0 Å². The first-order valence-electron chi connectivity index (χ1n) is 6.53. The number of hydrogen-bond acceptors (Lipinski definition) is 5. The molecule has 0 spiro atoms. The van der Waals surface area contributed by atoms with Crippen LogP contribution >= 0.6 is 11.3 Å². The van der Waals surface area contributed by atoms with Crippen molar-refractivity contribution in [1.29, 1.82) is 0 Å². The number of nitrogens with zero attached hydrogens (tertiary/aromatic N) is 1. The van der Waals surface area contributed by atoms with E-state index in [1.807, 2.05) is 19.1 Å². The number of rotatable bonds is 4. The second-order valence-corrected chi connectivity index (χ2v) is 5.47. The molecular formula is C15H16N2O3S. The molecule has 2 aromatic rings. The van der Waals surface area contributed by atoms with E-state index >= 15 is 0 Å². The molecule has 0 aliphatic heterocycles. The number of ketones is 1. The van der Waals surface area contributed by atoms with Crippen LogP contribution in [0.2, 0.25) is 0 Å². The van der Waals surface area contributed by atoms with Gasteiger partial charge >= 0.3 is 6.09 Å². The largest absolute Gasteiger partial charge is 0.450 e. The minimum atomic E-state index is -0.569. The van der Waals surface area contributed by atoms with E-state index in [0.717, 1.165) is 16.9 Å². The van der Waals surface area contributed by atoms with Crippen LogP contribution < -0.4 is 5.32 Å². The number of ether oxygens (including phenoxy) is 1. The number of hydrogen-bond donors (Lipinski definition) is 1. The van der Waals surface area contributed by atoms with Crippen LogP contribution in [0.3, 0.4) is 0 Å². The maximum Gasteiger partial charge on any atom is 0.413 e. The Hall–Kier alpha value is -2.21. The summed E-state index contributed by atoms with van der Waals surface area (Å²) in [5, 5.41) is 2.88. The van der Waals surface area contributed by atoms with Gasteiger partial charge in [-0.1, -0.05) is 41.2 Å². The van der Waals surface area contributed by atoms with Crippen LogP contribution in [0.5, 0.6) is 0 Å². The SMILES string of the molecule is CCOC(=O)Nc1nc(C)c(C(=O)c2ccc(C)cc2)s1. The van der Waals surface area contributed by atoms with Crippen molar-refractivity contribution in [1.82, 2.24) is 4.98 Å². The summed E-state index contributed by atoms with van der Waals surface area (Å²) in [6, 6.07) is 7.35. The highest BCUT2D eigenvalue weighted by molar-refractivity contribution is 7.18. The van der Waals surface area contributed by atoms with E-state index in [-0.39, 0.29) is 12.4 Å². The molecule has 0 atom stereocenters. The van der Waals surface area contributed by atoms with E-state index in [0.29, 0.717) is 21.3 Å². The van der Waals surface area contributed by atoms with Gasteiger partial charge < -0.3 is 4.74 Å². The number of amides is 1. The van der Waals surface area contributed by atoms with E-state index in [2.05, 4.69) is 10.3 Å². The molecule has 0 unspecified atom stereocenters. The lowest BCUT2D eigenvalue weighted by molar-refractivity contribution is 0.104. The molecule has 0 radical (unpaired) electrons. The van der Waals surface area contributed by atoms with Gasteiger partial charge in [-0.15, -0.1) is 0 Å². The van der Waals surface area contributed by atoms with Gasteiger partial charge in [-0.25, -0.2) is 9.78 Å². The molecule has 21 heavy (non-hydrogen) atoms. The average Bonchev–Trinajstić information content (AvgIpc) is 2.79. The van der Waals surface area contributed by atoms with Crippen LogP contribution in [-0.2, 0) is 4.74 Å². The normalized spacial score (nSPS) is 10.2. The van der Waals surface area contributed by atoms with E-state index in [4.69, 9.17) is 4.74 Å². The van der Waals surface area contributed by atoms with Crippen molar-refractivity contribution in [2.24, 2.45) is 0 Å². The first-order valence-corrected chi connectivity index (χ1v) is 7.35. The van der Waals surface area contributed by atoms with Crippen molar-refractivity contribution in [3.63, 3.8) is 0 Å². The van der Waals surface area contributed by atoms with Crippen molar-refractivity contribution in [2.75, 3.05) is 11.9 Å². The molecule has 0 aliphatic rings. The summed E-state index contributed by atoms with van der Waals surface area (Å²) in [6.45, 7) is 5.71. The van der Waals surface area contributed by atoms with E-state index < -0.39 is 6.09 Å². The van der Waals surface area contributed by atoms with Gasteiger partial charge in [0, 0.05) is 5.56 Å². The van der Waals surface area contributed by atoms with E-state index in [9.17, 15) is 9.59 Å². The molecule has 1 aromatic heterocycles. The zero-order valence-corrected chi connectivity index (χ0v) is 12.9. The standard InChI is InChI=1S/C15H16N2O3S/c1-4-20-15(19)17-14-16-10(3)13(21-14)12(18)11-7-5-9(2)6-8-11/h5-8H,4H2,1-3H3,(H,16,17,19). The highest BCUT2D eigenvalue weighted by atomic mass is 32.1. The van der Waals surface area contributed by atoms with Gasteiger partial charge in [0.05, 0.1) is 17.2 Å². The number of carbonyl (C=O) groups is 2. The van der Waals surface area contributed by atoms with Crippen LogP contribution in [0.15, 0.2) is 24.3 Å². The van der Waals surface area contributed by atoms with Crippen molar-refractivity contribution >= 4 is 28.3 Å². The molecule has 5 nitrogen and oxygen atoms in total. The Bertz CT molecular complexity index is 662. The van der Waals surface area contributed by atoms with Gasteiger partial charge in [-0.2, -0.15) is 0 Å². The topological polar surface area (TPSA) is 68.3 Å². The number of carbonyl (C=O) groups excluding carboxylic acids is 2.